The third-order valence-electron chi connectivity index (χ3n) is 4.07. The molecule has 0 aliphatic rings. The van der Waals surface area contributed by atoms with Crippen molar-refractivity contribution in [2.75, 3.05) is 6.54 Å². The Morgan fingerprint density at radius 1 is 1.20 bits per heavy atom. The molecule has 2 nitrogen and oxygen atoms in total. The number of aryl methyl sites for hydroxylation is 2. The summed E-state index contributed by atoms with van der Waals surface area (Å²) in [4.78, 5) is 12.0. The second-order valence-corrected chi connectivity index (χ2v) is 5.82. The molecular weight excluding hydrogens is 246 g/mol. The van der Waals surface area contributed by atoms with Crippen molar-refractivity contribution in [1.82, 2.24) is 5.32 Å². The molecule has 0 aliphatic heterocycles. The smallest absolute Gasteiger partial charge is 0.224 e. The summed E-state index contributed by atoms with van der Waals surface area (Å²) in [7, 11) is 0. The van der Waals surface area contributed by atoms with Gasteiger partial charge < -0.3 is 5.32 Å². The third kappa shape index (κ3) is 5.77. The Hall–Kier alpha value is -1.31. The SMILES string of the molecule is CCCC[C@H](CC)CNC(=O)Cc1ccc(C)c(C)c1. The quantitative estimate of drug-likeness (QED) is 0.757. The molecule has 0 fully saturated rings. The zero-order valence-electron chi connectivity index (χ0n) is 13.5. The first kappa shape index (κ1) is 16.7. The lowest BCUT2D eigenvalue weighted by molar-refractivity contribution is -0.120. The van der Waals surface area contributed by atoms with E-state index in [2.05, 4.69) is 51.2 Å². The number of hydrogen-bond acceptors (Lipinski definition) is 1. The van der Waals surface area contributed by atoms with E-state index in [9.17, 15) is 4.79 Å². The first-order valence-corrected chi connectivity index (χ1v) is 7.89. The van der Waals surface area contributed by atoms with E-state index in [1.165, 1.54) is 30.4 Å². The number of rotatable bonds is 8. The molecule has 112 valence electrons. The van der Waals surface area contributed by atoms with Crippen LogP contribution in [-0.2, 0) is 11.2 Å². The highest BCUT2D eigenvalue weighted by Gasteiger charge is 2.09. The van der Waals surface area contributed by atoms with Crippen molar-refractivity contribution in [3.8, 4) is 0 Å². The van der Waals surface area contributed by atoms with E-state index in [0.717, 1.165) is 18.5 Å². The Morgan fingerprint density at radius 2 is 1.95 bits per heavy atom. The van der Waals surface area contributed by atoms with Gasteiger partial charge in [0.25, 0.3) is 0 Å². The van der Waals surface area contributed by atoms with Crippen molar-refractivity contribution in [3.63, 3.8) is 0 Å². The van der Waals surface area contributed by atoms with E-state index in [4.69, 9.17) is 0 Å². The molecule has 1 aromatic carbocycles. The zero-order chi connectivity index (χ0) is 15.0. The third-order valence-corrected chi connectivity index (χ3v) is 4.07. The zero-order valence-corrected chi connectivity index (χ0v) is 13.5. The minimum atomic E-state index is 0.142. The molecule has 0 unspecified atom stereocenters. The largest absolute Gasteiger partial charge is 0.356 e. The van der Waals surface area contributed by atoms with Crippen LogP contribution in [0.2, 0.25) is 0 Å². The van der Waals surface area contributed by atoms with Crippen LogP contribution in [0.5, 0.6) is 0 Å². The molecule has 0 aromatic heterocycles. The Bertz CT molecular complexity index is 425. The molecular formula is C18H29NO. The highest BCUT2D eigenvalue weighted by Crippen LogP contribution is 2.12. The normalized spacial score (nSPS) is 12.2. The van der Waals surface area contributed by atoms with E-state index in [1.54, 1.807) is 0 Å². The standard InChI is InChI=1S/C18H29NO/c1-5-7-8-16(6-2)13-19-18(20)12-17-10-9-14(3)15(4)11-17/h9-11,16H,5-8,12-13H2,1-4H3,(H,19,20)/t16-/m0/s1. The molecule has 0 saturated heterocycles. The van der Waals surface area contributed by atoms with Gasteiger partial charge in [-0.1, -0.05) is 51.3 Å². The van der Waals surface area contributed by atoms with Gasteiger partial charge in [0.1, 0.15) is 0 Å². The Kier molecular flexibility index (Phi) is 7.35. The molecule has 0 bridgehead atoms. The summed E-state index contributed by atoms with van der Waals surface area (Å²) < 4.78 is 0. The number of carbonyl (C=O) groups is 1. The fourth-order valence-corrected chi connectivity index (χ4v) is 2.36. The fourth-order valence-electron chi connectivity index (χ4n) is 2.36. The molecule has 1 amide bonds. The minimum absolute atomic E-state index is 0.142. The molecule has 0 aliphatic carbocycles. The molecule has 0 saturated carbocycles. The summed E-state index contributed by atoms with van der Waals surface area (Å²) in [5, 5.41) is 3.09. The Balaban J connectivity index is 2.40. The molecule has 0 spiro atoms. The lowest BCUT2D eigenvalue weighted by atomic mass is 9.99. The van der Waals surface area contributed by atoms with Gasteiger partial charge in [-0.15, -0.1) is 0 Å². The number of unbranched alkanes of at least 4 members (excludes halogenated alkanes) is 1. The van der Waals surface area contributed by atoms with E-state index in [-0.39, 0.29) is 5.91 Å². The van der Waals surface area contributed by atoms with Crippen LogP contribution in [0.15, 0.2) is 18.2 Å². The lowest BCUT2D eigenvalue weighted by Crippen LogP contribution is -2.30. The number of benzene rings is 1. The number of carbonyl (C=O) groups excluding carboxylic acids is 1. The van der Waals surface area contributed by atoms with Gasteiger partial charge in [-0.2, -0.15) is 0 Å². The predicted octanol–water partition coefficient (Wildman–Crippen LogP) is 4.18. The first-order valence-electron chi connectivity index (χ1n) is 7.89. The number of hydrogen-bond donors (Lipinski definition) is 1. The van der Waals surface area contributed by atoms with Crippen LogP contribution >= 0.6 is 0 Å². The highest BCUT2D eigenvalue weighted by molar-refractivity contribution is 5.78. The van der Waals surface area contributed by atoms with Gasteiger partial charge in [-0.05, 0) is 42.9 Å². The van der Waals surface area contributed by atoms with Crippen LogP contribution in [0.25, 0.3) is 0 Å². The van der Waals surface area contributed by atoms with Crippen LogP contribution in [0, 0.1) is 19.8 Å². The van der Waals surface area contributed by atoms with Crippen molar-refractivity contribution in [2.45, 2.75) is 59.8 Å². The van der Waals surface area contributed by atoms with E-state index in [0.29, 0.717) is 12.3 Å². The van der Waals surface area contributed by atoms with Crippen LogP contribution in [0.4, 0.5) is 0 Å². The summed E-state index contributed by atoms with van der Waals surface area (Å²) in [6.07, 6.45) is 5.34. The van der Waals surface area contributed by atoms with Gasteiger partial charge in [-0.25, -0.2) is 0 Å². The molecule has 1 rings (SSSR count). The van der Waals surface area contributed by atoms with Crippen molar-refractivity contribution >= 4 is 5.91 Å². The maximum absolute atomic E-state index is 12.0. The molecule has 0 radical (unpaired) electrons. The van der Waals surface area contributed by atoms with Crippen LogP contribution in [0.1, 0.15) is 56.2 Å². The van der Waals surface area contributed by atoms with Gasteiger partial charge in [0, 0.05) is 6.54 Å². The second-order valence-electron chi connectivity index (χ2n) is 5.82. The average Bonchev–Trinajstić information content (AvgIpc) is 2.43. The van der Waals surface area contributed by atoms with E-state index < -0.39 is 0 Å². The van der Waals surface area contributed by atoms with Gasteiger partial charge >= 0.3 is 0 Å². The first-order chi connectivity index (χ1) is 9.56. The van der Waals surface area contributed by atoms with Crippen molar-refractivity contribution in [3.05, 3.63) is 34.9 Å². The molecule has 1 aromatic rings. The second kappa shape index (κ2) is 8.78. The fraction of sp³-hybridized carbons (Fsp3) is 0.611. The van der Waals surface area contributed by atoms with Crippen molar-refractivity contribution in [1.29, 1.82) is 0 Å². The molecule has 1 N–H and O–H groups in total. The average molecular weight is 275 g/mol. The van der Waals surface area contributed by atoms with E-state index >= 15 is 0 Å². The predicted molar refractivity (Wildman–Crippen MR) is 85.9 cm³/mol. The van der Waals surface area contributed by atoms with E-state index in [1.807, 2.05) is 0 Å². The monoisotopic (exact) mass is 275 g/mol. The number of amides is 1. The Morgan fingerprint density at radius 3 is 2.55 bits per heavy atom. The van der Waals surface area contributed by atoms with Gasteiger partial charge in [0.2, 0.25) is 5.91 Å². The summed E-state index contributed by atoms with van der Waals surface area (Å²) in [6.45, 7) is 9.42. The van der Waals surface area contributed by atoms with Gasteiger partial charge in [0.05, 0.1) is 6.42 Å². The van der Waals surface area contributed by atoms with Crippen LogP contribution < -0.4 is 5.32 Å². The molecule has 2 heteroatoms. The van der Waals surface area contributed by atoms with Crippen LogP contribution in [0.3, 0.4) is 0 Å². The molecule has 1 atom stereocenters. The van der Waals surface area contributed by atoms with Gasteiger partial charge in [-0.3, -0.25) is 4.79 Å². The molecule has 20 heavy (non-hydrogen) atoms. The minimum Gasteiger partial charge on any atom is -0.356 e. The number of nitrogens with one attached hydrogen (secondary N) is 1. The lowest BCUT2D eigenvalue weighted by Gasteiger charge is -2.15. The van der Waals surface area contributed by atoms with Crippen molar-refractivity contribution < 1.29 is 4.79 Å². The van der Waals surface area contributed by atoms with Gasteiger partial charge in [0.15, 0.2) is 0 Å². The summed E-state index contributed by atoms with van der Waals surface area (Å²) in [6, 6.07) is 6.26. The maximum Gasteiger partial charge on any atom is 0.224 e. The summed E-state index contributed by atoms with van der Waals surface area (Å²) >= 11 is 0. The highest BCUT2D eigenvalue weighted by atomic mass is 16.1. The summed E-state index contributed by atoms with van der Waals surface area (Å²) in [5.41, 5.74) is 3.64. The maximum atomic E-state index is 12.0. The van der Waals surface area contributed by atoms with Crippen molar-refractivity contribution in [2.24, 2.45) is 5.92 Å². The van der Waals surface area contributed by atoms with Crippen LogP contribution in [-0.4, -0.2) is 12.5 Å². The molecule has 0 heterocycles. The Labute approximate surface area is 124 Å². The summed E-state index contributed by atoms with van der Waals surface area (Å²) in [5.74, 6) is 0.766. The topological polar surface area (TPSA) is 29.1 Å².